The molecule has 6 aliphatic rings. The van der Waals surface area contributed by atoms with Crippen molar-refractivity contribution in [3.63, 3.8) is 0 Å². The fourth-order valence-corrected chi connectivity index (χ4v) is 15.6. The van der Waals surface area contributed by atoms with Gasteiger partial charge in [0.2, 0.25) is 5.88 Å². The summed E-state index contributed by atoms with van der Waals surface area (Å²) in [5.41, 5.74) is 27.8. The first kappa shape index (κ1) is 47.2. The van der Waals surface area contributed by atoms with E-state index in [1.807, 2.05) is 0 Å². The summed E-state index contributed by atoms with van der Waals surface area (Å²) in [5.74, 6) is 0.956. The minimum Gasteiger partial charge on any atom is -0.440 e. The number of nitrogens with zero attached hydrogens (tertiary/aromatic N) is 2. The Bertz CT molecular complexity index is 3780. The van der Waals surface area contributed by atoms with Crippen molar-refractivity contribution in [3.05, 3.63) is 172 Å². The van der Waals surface area contributed by atoms with Crippen molar-refractivity contribution in [1.29, 1.82) is 0 Å². The van der Waals surface area contributed by atoms with Gasteiger partial charge < -0.3 is 9.32 Å². The van der Waals surface area contributed by atoms with Crippen molar-refractivity contribution in [3.8, 4) is 22.3 Å². The highest BCUT2D eigenvalue weighted by atomic mass is 16.4. The molecule has 4 heteroatoms. The summed E-state index contributed by atoms with van der Waals surface area (Å²) in [4.78, 5) is 5.32. The third-order valence-corrected chi connectivity index (χ3v) is 20.7. The lowest BCUT2D eigenvalue weighted by Gasteiger charge is -2.47. The maximum Gasteiger partial charge on any atom is 0.257 e. The maximum atomic E-state index is 7.77. The van der Waals surface area contributed by atoms with Crippen LogP contribution < -0.4 is 26.2 Å². The molecule has 0 amide bonds. The van der Waals surface area contributed by atoms with Gasteiger partial charge in [-0.05, 0) is 192 Å². The molecule has 7 aromatic carbocycles. The molecule has 0 saturated carbocycles. The van der Waals surface area contributed by atoms with Crippen molar-refractivity contribution in [2.45, 2.75) is 173 Å². The minimum absolute atomic E-state index is 0.000789. The first-order valence-electron chi connectivity index (χ1n) is 28.4. The van der Waals surface area contributed by atoms with E-state index in [1.54, 1.807) is 0 Å². The molecule has 0 N–H and O–H groups in total. The van der Waals surface area contributed by atoms with Crippen LogP contribution in [0.2, 0.25) is 0 Å². The summed E-state index contributed by atoms with van der Waals surface area (Å²) < 4.78 is 7.77. The number of rotatable bonds is 3. The molecule has 0 spiro atoms. The van der Waals surface area contributed by atoms with Gasteiger partial charge in [-0.2, -0.15) is 0 Å². The highest BCUT2D eigenvalue weighted by molar-refractivity contribution is 7.01. The predicted octanol–water partition coefficient (Wildman–Crippen LogP) is 17.5. The van der Waals surface area contributed by atoms with E-state index in [2.05, 4.69) is 234 Å². The summed E-state index contributed by atoms with van der Waals surface area (Å²) >= 11 is 0. The first-order valence-corrected chi connectivity index (χ1v) is 28.4. The number of anilines is 6. The van der Waals surface area contributed by atoms with Crippen molar-refractivity contribution in [1.82, 2.24) is 0 Å². The molecule has 1 aromatic heterocycles. The summed E-state index contributed by atoms with van der Waals surface area (Å²) in [7, 11) is 0. The Labute approximate surface area is 447 Å². The van der Waals surface area contributed by atoms with Gasteiger partial charge in [-0.25, -0.2) is 0 Å². The Morgan fingerprint density at radius 1 is 0.387 bits per heavy atom. The summed E-state index contributed by atoms with van der Waals surface area (Å²) in [5, 5.41) is 1.25. The summed E-state index contributed by atoms with van der Waals surface area (Å²) in [6.07, 6.45) is 6.92. The highest BCUT2D eigenvalue weighted by Gasteiger charge is 2.51. The van der Waals surface area contributed by atoms with Crippen molar-refractivity contribution >= 4 is 68.4 Å². The number of hydrogen-bond acceptors (Lipinski definition) is 3. The summed E-state index contributed by atoms with van der Waals surface area (Å²) in [6.45, 7) is 34.4. The fraction of sp³-hybridized carbons (Fsp3) is 0.380. The zero-order valence-corrected chi connectivity index (χ0v) is 47.2. The molecule has 3 heterocycles. The standard InChI is InChI=1S/C71H75BN2O/c1-65(2)29-30-66(3,4)50-37-44(27-28-48(50)65)73-58-35-43(42-21-16-15-17-22-42)36-59-63(58)72(62-46-38-51-54(41-60(46)75-64(62)73)70(11,12)34-31-67(51,5)6)55-39-52-53(69(9,10)33-32-68(52,7)8)40-57(55)74(59)56-26-20-25-49-61(56)45-23-18-19-24-47(45)71(49,13)14/h15-28,35-41H,29-34H2,1-14H3. The molecule has 0 saturated heterocycles. The molecule has 3 nitrogen and oxygen atoms in total. The fourth-order valence-electron chi connectivity index (χ4n) is 15.6. The molecule has 14 rings (SSSR count). The second-order valence-corrected chi connectivity index (χ2v) is 28.5. The van der Waals surface area contributed by atoms with Crippen LogP contribution in [0.5, 0.6) is 0 Å². The molecule has 2 aliphatic heterocycles. The number of benzene rings is 7. The van der Waals surface area contributed by atoms with Crippen molar-refractivity contribution < 1.29 is 4.42 Å². The van der Waals surface area contributed by atoms with E-state index in [1.165, 1.54) is 118 Å². The van der Waals surface area contributed by atoms with E-state index in [9.17, 15) is 0 Å². The van der Waals surface area contributed by atoms with Crippen LogP contribution in [0.25, 0.3) is 33.2 Å². The molecule has 0 atom stereocenters. The first-order chi connectivity index (χ1) is 35.4. The van der Waals surface area contributed by atoms with Crippen molar-refractivity contribution in [2.24, 2.45) is 0 Å². The molecule has 0 bridgehead atoms. The Morgan fingerprint density at radius 3 is 1.57 bits per heavy atom. The van der Waals surface area contributed by atoms with Gasteiger partial charge >= 0.3 is 0 Å². The van der Waals surface area contributed by atoms with Gasteiger partial charge in [0.05, 0.1) is 5.69 Å². The molecule has 0 fully saturated rings. The Hall–Kier alpha value is -6.26. The van der Waals surface area contributed by atoms with Crippen LogP contribution in [0.3, 0.4) is 0 Å². The largest absolute Gasteiger partial charge is 0.440 e. The Balaban J connectivity index is 1.17. The Kier molecular flexibility index (Phi) is 9.46. The van der Waals surface area contributed by atoms with Gasteiger partial charge in [-0.15, -0.1) is 0 Å². The van der Waals surface area contributed by atoms with Gasteiger partial charge in [0, 0.05) is 44.6 Å². The van der Waals surface area contributed by atoms with Crippen molar-refractivity contribution in [2.75, 3.05) is 9.80 Å². The minimum atomic E-state index is -0.159. The molecular weight excluding hydrogens is 908 g/mol. The normalized spacial score (nSPS) is 20.7. The quantitative estimate of drug-likeness (QED) is 0.165. The average molecular weight is 983 g/mol. The molecular formula is C71H75BN2O. The van der Waals surface area contributed by atoms with E-state index in [0.29, 0.717) is 0 Å². The third-order valence-electron chi connectivity index (χ3n) is 20.7. The van der Waals surface area contributed by atoms with Crippen LogP contribution in [-0.4, -0.2) is 6.71 Å². The van der Waals surface area contributed by atoms with Crippen LogP contribution in [0.4, 0.5) is 34.3 Å². The molecule has 8 aromatic rings. The third kappa shape index (κ3) is 6.47. The zero-order chi connectivity index (χ0) is 52.3. The molecule has 0 radical (unpaired) electrons. The Morgan fingerprint density at radius 2 is 0.920 bits per heavy atom. The number of hydrogen-bond donors (Lipinski definition) is 0. The van der Waals surface area contributed by atoms with Crippen LogP contribution in [-0.2, 0) is 37.9 Å². The molecule has 75 heavy (non-hydrogen) atoms. The van der Waals surface area contributed by atoms with E-state index in [4.69, 9.17) is 4.42 Å². The van der Waals surface area contributed by atoms with E-state index >= 15 is 0 Å². The van der Waals surface area contributed by atoms with E-state index in [-0.39, 0.29) is 44.6 Å². The number of fused-ring (bicyclic) bond motifs is 12. The van der Waals surface area contributed by atoms with Gasteiger partial charge in [0.25, 0.3) is 6.71 Å². The number of furan rings is 1. The monoisotopic (exact) mass is 983 g/mol. The van der Waals surface area contributed by atoms with Gasteiger partial charge in [-0.1, -0.05) is 176 Å². The summed E-state index contributed by atoms with van der Waals surface area (Å²) in [6, 6.07) is 50.5. The van der Waals surface area contributed by atoms with Crippen LogP contribution in [0.15, 0.2) is 132 Å². The van der Waals surface area contributed by atoms with Crippen LogP contribution >= 0.6 is 0 Å². The topological polar surface area (TPSA) is 19.6 Å². The van der Waals surface area contributed by atoms with Gasteiger partial charge in [0.1, 0.15) is 5.58 Å². The molecule has 378 valence electrons. The van der Waals surface area contributed by atoms with Gasteiger partial charge in [0.15, 0.2) is 0 Å². The lowest BCUT2D eigenvalue weighted by atomic mass is 9.33. The highest BCUT2D eigenvalue weighted by Crippen LogP contribution is 2.58. The van der Waals surface area contributed by atoms with Gasteiger partial charge in [-0.3, -0.25) is 4.90 Å². The smallest absolute Gasteiger partial charge is 0.257 e. The molecule has 4 aliphatic carbocycles. The second kappa shape index (κ2) is 15.0. The second-order valence-electron chi connectivity index (χ2n) is 28.5. The average Bonchev–Trinajstić information content (AvgIpc) is 3.96. The van der Waals surface area contributed by atoms with Crippen LogP contribution in [0.1, 0.15) is 180 Å². The van der Waals surface area contributed by atoms with E-state index in [0.717, 1.165) is 49.3 Å². The zero-order valence-electron chi connectivity index (χ0n) is 47.2. The lowest BCUT2D eigenvalue weighted by molar-refractivity contribution is 0.332. The maximum absolute atomic E-state index is 7.77. The SMILES string of the molecule is CC1(C)CCC(C)(C)c2cc(N3c4cc(-c5ccccc5)cc5c4B(c4cc6c(cc4N5c4cccc5c4-c4ccccc4C5(C)C)C(C)(C)CCC6(C)C)c4c3oc3cc5c(cc43)C(C)(C)CCC5(C)C)ccc21. The lowest BCUT2D eigenvalue weighted by Crippen LogP contribution is -2.61. The predicted molar refractivity (Wildman–Crippen MR) is 319 cm³/mol. The van der Waals surface area contributed by atoms with Crippen LogP contribution in [0, 0.1) is 0 Å². The van der Waals surface area contributed by atoms with E-state index < -0.39 is 0 Å². The molecule has 0 unspecified atom stereocenters.